The van der Waals surface area contributed by atoms with Gasteiger partial charge in [0.05, 0.1) is 6.61 Å². The van der Waals surface area contributed by atoms with Gasteiger partial charge < -0.3 is 13.6 Å². The van der Waals surface area contributed by atoms with Gasteiger partial charge in [0.15, 0.2) is 0 Å². The molecule has 0 aliphatic heterocycles. The van der Waals surface area contributed by atoms with Crippen LogP contribution in [-0.2, 0) is 18.4 Å². The molecule has 0 aromatic heterocycles. The van der Waals surface area contributed by atoms with E-state index in [2.05, 4.69) is 13.5 Å². The van der Waals surface area contributed by atoms with Gasteiger partial charge in [0, 0.05) is 25.8 Å². The first kappa shape index (κ1) is 15.3. The van der Waals surface area contributed by atoms with Crippen molar-refractivity contribution in [2.45, 2.75) is 32.4 Å². The van der Waals surface area contributed by atoms with E-state index < -0.39 is 8.56 Å². The van der Waals surface area contributed by atoms with Crippen molar-refractivity contribution < 1.29 is 18.4 Å². The Labute approximate surface area is 98.8 Å². The third-order valence-corrected chi connectivity index (χ3v) is 6.16. The number of carbonyl (C=O) groups is 1. The average Bonchev–Trinajstić information content (AvgIpc) is 2.27. The standard InChI is InChI=1S/C11H22O4Si/c1-6-8-16(13-4,14-5)9-7-15-11(12)10(2)3/h2,6-9H2,1,3-5H3. The molecule has 0 saturated carbocycles. The third-order valence-electron chi connectivity index (χ3n) is 2.44. The predicted molar refractivity (Wildman–Crippen MR) is 65.5 cm³/mol. The summed E-state index contributed by atoms with van der Waals surface area (Å²) in [6, 6.07) is 1.57. The second-order valence-corrected chi connectivity index (χ2v) is 7.37. The minimum Gasteiger partial charge on any atom is -0.462 e. The van der Waals surface area contributed by atoms with Gasteiger partial charge in [-0.25, -0.2) is 4.79 Å². The van der Waals surface area contributed by atoms with Gasteiger partial charge >= 0.3 is 14.5 Å². The van der Waals surface area contributed by atoms with Gasteiger partial charge in [-0.2, -0.15) is 0 Å². The molecule has 0 N–H and O–H groups in total. The molecule has 0 spiro atoms. The molecule has 0 aromatic rings. The Morgan fingerprint density at radius 2 is 1.81 bits per heavy atom. The maximum Gasteiger partial charge on any atom is 0.341 e. The second kappa shape index (κ2) is 7.59. The molecule has 0 saturated heterocycles. The summed E-state index contributed by atoms with van der Waals surface area (Å²) in [5.74, 6) is -0.355. The van der Waals surface area contributed by atoms with Crippen LogP contribution in [0.25, 0.3) is 0 Å². The van der Waals surface area contributed by atoms with E-state index in [0.29, 0.717) is 18.2 Å². The second-order valence-electron chi connectivity index (χ2n) is 3.74. The zero-order chi connectivity index (χ0) is 12.6. The Bertz CT molecular complexity index is 236. The maximum atomic E-state index is 11.2. The molecule has 5 heteroatoms. The number of hydrogen-bond acceptors (Lipinski definition) is 4. The lowest BCUT2D eigenvalue weighted by atomic mass is 10.4. The highest BCUT2D eigenvalue weighted by Gasteiger charge is 2.34. The van der Waals surface area contributed by atoms with E-state index in [-0.39, 0.29) is 5.97 Å². The van der Waals surface area contributed by atoms with Crippen LogP contribution < -0.4 is 0 Å². The molecule has 0 aliphatic carbocycles. The summed E-state index contributed by atoms with van der Waals surface area (Å²) in [5.41, 5.74) is 0.414. The van der Waals surface area contributed by atoms with Crippen molar-refractivity contribution in [2.75, 3.05) is 20.8 Å². The topological polar surface area (TPSA) is 44.8 Å². The molecule has 0 radical (unpaired) electrons. The summed E-state index contributed by atoms with van der Waals surface area (Å²) in [7, 11) is 1.17. The highest BCUT2D eigenvalue weighted by Crippen LogP contribution is 2.19. The fourth-order valence-electron chi connectivity index (χ4n) is 1.42. The van der Waals surface area contributed by atoms with Crippen molar-refractivity contribution in [1.29, 1.82) is 0 Å². The monoisotopic (exact) mass is 246 g/mol. The van der Waals surface area contributed by atoms with E-state index >= 15 is 0 Å². The Morgan fingerprint density at radius 1 is 1.25 bits per heavy atom. The zero-order valence-corrected chi connectivity index (χ0v) is 11.7. The van der Waals surface area contributed by atoms with Crippen molar-refractivity contribution in [1.82, 2.24) is 0 Å². The molecule has 0 fully saturated rings. The van der Waals surface area contributed by atoms with E-state index in [1.54, 1.807) is 21.1 Å². The maximum absolute atomic E-state index is 11.2. The molecular weight excluding hydrogens is 224 g/mol. The molecular formula is C11H22O4Si. The summed E-state index contributed by atoms with van der Waals surface area (Å²) >= 11 is 0. The van der Waals surface area contributed by atoms with Crippen LogP contribution in [0.2, 0.25) is 12.1 Å². The number of esters is 1. The Hall–Kier alpha value is -0.653. The minimum atomic E-state index is -2.15. The van der Waals surface area contributed by atoms with E-state index in [1.807, 2.05) is 0 Å². The quantitative estimate of drug-likeness (QED) is 0.374. The zero-order valence-electron chi connectivity index (χ0n) is 10.7. The van der Waals surface area contributed by atoms with Gasteiger partial charge in [-0.1, -0.05) is 19.9 Å². The molecule has 0 rings (SSSR count). The normalized spacial score (nSPS) is 11.2. The van der Waals surface area contributed by atoms with Crippen molar-refractivity contribution >= 4 is 14.5 Å². The smallest absolute Gasteiger partial charge is 0.341 e. The molecule has 16 heavy (non-hydrogen) atoms. The Kier molecular flexibility index (Phi) is 7.28. The van der Waals surface area contributed by atoms with Gasteiger partial charge in [-0.3, -0.25) is 0 Å². The molecule has 4 nitrogen and oxygen atoms in total. The molecule has 0 aliphatic rings. The molecule has 0 unspecified atom stereocenters. The van der Waals surface area contributed by atoms with Gasteiger partial charge in [0.25, 0.3) is 0 Å². The number of hydrogen-bond donors (Lipinski definition) is 0. The van der Waals surface area contributed by atoms with E-state index in [9.17, 15) is 4.79 Å². The fourth-order valence-corrected chi connectivity index (χ4v) is 3.83. The van der Waals surface area contributed by atoms with Crippen molar-refractivity contribution in [2.24, 2.45) is 0 Å². The summed E-state index contributed by atoms with van der Waals surface area (Å²) in [6.07, 6.45) is 1.00. The van der Waals surface area contributed by atoms with Crippen LogP contribution >= 0.6 is 0 Å². The first-order chi connectivity index (χ1) is 7.51. The predicted octanol–water partition coefficient (Wildman–Crippen LogP) is 2.25. The van der Waals surface area contributed by atoms with E-state index in [1.165, 1.54) is 0 Å². The van der Waals surface area contributed by atoms with Gasteiger partial charge in [-0.05, 0) is 13.0 Å². The van der Waals surface area contributed by atoms with Crippen molar-refractivity contribution in [3.63, 3.8) is 0 Å². The molecule has 0 atom stereocenters. The lowest BCUT2D eigenvalue weighted by Crippen LogP contribution is -2.41. The Morgan fingerprint density at radius 3 is 2.19 bits per heavy atom. The van der Waals surface area contributed by atoms with Gasteiger partial charge in [0.2, 0.25) is 0 Å². The van der Waals surface area contributed by atoms with Gasteiger partial charge in [0.1, 0.15) is 0 Å². The average molecular weight is 246 g/mol. The summed E-state index contributed by atoms with van der Waals surface area (Å²) in [4.78, 5) is 11.2. The fraction of sp³-hybridized carbons (Fsp3) is 0.727. The van der Waals surface area contributed by atoms with Crippen LogP contribution in [0.5, 0.6) is 0 Å². The van der Waals surface area contributed by atoms with Crippen LogP contribution in [0.4, 0.5) is 0 Å². The third kappa shape index (κ3) is 4.91. The number of carbonyl (C=O) groups excluding carboxylic acids is 1. The van der Waals surface area contributed by atoms with Gasteiger partial charge in [-0.15, -0.1) is 0 Å². The molecule has 0 amide bonds. The highest BCUT2D eigenvalue weighted by atomic mass is 28.4. The number of ether oxygens (including phenoxy) is 1. The van der Waals surface area contributed by atoms with Crippen LogP contribution in [0.1, 0.15) is 20.3 Å². The molecule has 94 valence electrons. The lowest BCUT2D eigenvalue weighted by molar-refractivity contribution is -0.138. The lowest BCUT2D eigenvalue weighted by Gasteiger charge is -2.26. The Balaban J connectivity index is 4.12. The summed E-state index contributed by atoms with van der Waals surface area (Å²) < 4.78 is 16.0. The summed E-state index contributed by atoms with van der Waals surface area (Å²) in [5, 5.41) is 0. The van der Waals surface area contributed by atoms with Crippen LogP contribution in [0.3, 0.4) is 0 Å². The molecule has 0 heterocycles. The minimum absolute atomic E-state index is 0.333. The SMILES string of the molecule is C=C(C)C(=O)OCC[Si](CCC)(OC)OC. The molecule has 0 bridgehead atoms. The van der Waals surface area contributed by atoms with Crippen LogP contribution in [-0.4, -0.2) is 35.4 Å². The largest absolute Gasteiger partial charge is 0.462 e. The highest BCUT2D eigenvalue weighted by molar-refractivity contribution is 6.67. The number of rotatable bonds is 8. The van der Waals surface area contributed by atoms with Crippen molar-refractivity contribution in [3.8, 4) is 0 Å². The first-order valence-corrected chi connectivity index (χ1v) is 7.67. The summed E-state index contributed by atoms with van der Waals surface area (Å²) in [6.45, 7) is 7.57. The van der Waals surface area contributed by atoms with Crippen molar-refractivity contribution in [3.05, 3.63) is 12.2 Å². The molecule has 0 aromatic carbocycles. The van der Waals surface area contributed by atoms with E-state index in [4.69, 9.17) is 13.6 Å². The van der Waals surface area contributed by atoms with Crippen LogP contribution in [0.15, 0.2) is 12.2 Å². The first-order valence-electron chi connectivity index (χ1n) is 5.44. The van der Waals surface area contributed by atoms with E-state index in [0.717, 1.165) is 12.5 Å². The van der Waals surface area contributed by atoms with Crippen LogP contribution in [0, 0.1) is 0 Å².